The number of halogens is 1. The van der Waals surface area contributed by atoms with Crippen molar-refractivity contribution in [1.29, 1.82) is 0 Å². The van der Waals surface area contributed by atoms with Gasteiger partial charge in [0, 0.05) is 19.5 Å². The summed E-state index contributed by atoms with van der Waals surface area (Å²) in [6.45, 7) is 8.10. The van der Waals surface area contributed by atoms with E-state index in [1.165, 1.54) is 11.1 Å². The van der Waals surface area contributed by atoms with Gasteiger partial charge in [-0.2, -0.15) is 0 Å². The summed E-state index contributed by atoms with van der Waals surface area (Å²) in [4.78, 5) is 4.52. The predicted molar refractivity (Wildman–Crippen MR) is 122 cm³/mol. The van der Waals surface area contributed by atoms with E-state index in [4.69, 9.17) is 9.15 Å². The second-order valence-corrected chi connectivity index (χ2v) is 7.10. The van der Waals surface area contributed by atoms with E-state index in [1.54, 1.807) is 13.0 Å². The summed E-state index contributed by atoms with van der Waals surface area (Å²) in [5, 5.41) is 17.2. The number of nitrogens with one attached hydrogen (secondary N) is 2. The minimum absolute atomic E-state index is 0. The molecule has 2 aromatic rings. The standard InChI is InChI=1S/C21H29N3O3.HI/c1-4-22-20(24-14-21(3,25)19-8-5-15(2)27-19)23-11-9-16-6-7-18-17(13-16)10-12-26-18;/h5-8,13,25H,4,9-12,14H2,1-3H3,(H2,22,23,24);1H. The fourth-order valence-corrected chi connectivity index (χ4v) is 3.10. The number of rotatable bonds is 7. The van der Waals surface area contributed by atoms with E-state index in [0.29, 0.717) is 11.7 Å². The molecule has 1 unspecified atom stereocenters. The van der Waals surface area contributed by atoms with Crippen molar-refractivity contribution >= 4 is 29.9 Å². The van der Waals surface area contributed by atoms with Crippen LogP contribution < -0.4 is 15.4 Å². The zero-order valence-electron chi connectivity index (χ0n) is 16.7. The van der Waals surface area contributed by atoms with Crippen LogP contribution in [-0.4, -0.2) is 37.3 Å². The average Bonchev–Trinajstić information content (AvgIpc) is 3.28. The molecule has 154 valence electrons. The molecule has 1 aromatic carbocycles. The molecule has 3 N–H and O–H groups in total. The van der Waals surface area contributed by atoms with Crippen molar-refractivity contribution in [3.05, 3.63) is 53.0 Å². The van der Waals surface area contributed by atoms with Gasteiger partial charge in [-0.1, -0.05) is 12.1 Å². The van der Waals surface area contributed by atoms with E-state index in [9.17, 15) is 5.11 Å². The molecule has 6 nitrogen and oxygen atoms in total. The van der Waals surface area contributed by atoms with Gasteiger partial charge < -0.3 is 24.9 Å². The molecule has 0 aliphatic carbocycles. The summed E-state index contributed by atoms with van der Waals surface area (Å²) < 4.78 is 11.1. The Labute approximate surface area is 183 Å². The highest BCUT2D eigenvalue weighted by Crippen LogP contribution is 2.26. The average molecular weight is 499 g/mol. The lowest BCUT2D eigenvalue weighted by Gasteiger charge is -2.19. The number of benzene rings is 1. The molecule has 1 aliphatic rings. The smallest absolute Gasteiger partial charge is 0.191 e. The van der Waals surface area contributed by atoms with Crippen LogP contribution in [0.25, 0.3) is 0 Å². The highest BCUT2D eigenvalue weighted by atomic mass is 127. The van der Waals surface area contributed by atoms with Crippen molar-refractivity contribution in [3.8, 4) is 5.75 Å². The maximum Gasteiger partial charge on any atom is 0.191 e. The molecular formula is C21H30IN3O3. The summed E-state index contributed by atoms with van der Waals surface area (Å²) in [6, 6.07) is 10.0. The molecule has 0 bridgehead atoms. The first-order chi connectivity index (χ1) is 13.0. The topological polar surface area (TPSA) is 79.0 Å². The Morgan fingerprint density at radius 2 is 2.07 bits per heavy atom. The summed E-state index contributed by atoms with van der Waals surface area (Å²) in [5.74, 6) is 3.00. The van der Waals surface area contributed by atoms with Crippen molar-refractivity contribution in [2.45, 2.75) is 39.2 Å². The van der Waals surface area contributed by atoms with Crippen LogP contribution in [0.4, 0.5) is 0 Å². The van der Waals surface area contributed by atoms with Gasteiger partial charge in [-0.3, -0.25) is 0 Å². The summed E-state index contributed by atoms with van der Waals surface area (Å²) in [5.41, 5.74) is 1.43. The molecule has 2 heterocycles. The maximum atomic E-state index is 10.6. The van der Waals surface area contributed by atoms with Crippen LogP contribution in [0.1, 0.15) is 36.5 Å². The molecule has 1 aliphatic heterocycles. The van der Waals surface area contributed by atoms with Crippen LogP contribution >= 0.6 is 24.0 Å². The number of furan rings is 1. The van der Waals surface area contributed by atoms with E-state index >= 15 is 0 Å². The molecule has 28 heavy (non-hydrogen) atoms. The number of ether oxygens (including phenoxy) is 1. The Kier molecular flexibility index (Phi) is 8.18. The third-order valence-electron chi connectivity index (χ3n) is 4.62. The lowest BCUT2D eigenvalue weighted by Crippen LogP contribution is -2.39. The maximum absolute atomic E-state index is 10.6. The zero-order chi connectivity index (χ0) is 19.3. The highest BCUT2D eigenvalue weighted by molar-refractivity contribution is 14.0. The lowest BCUT2D eigenvalue weighted by atomic mass is 10.0. The first kappa shape index (κ1) is 22.5. The van der Waals surface area contributed by atoms with Crippen molar-refractivity contribution < 1.29 is 14.3 Å². The molecular weight excluding hydrogens is 469 g/mol. The van der Waals surface area contributed by atoms with Gasteiger partial charge in [0.1, 0.15) is 22.9 Å². The van der Waals surface area contributed by atoms with Crippen LogP contribution in [0.5, 0.6) is 5.75 Å². The first-order valence-electron chi connectivity index (χ1n) is 9.54. The second-order valence-electron chi connectivity index (χ2n) is 7.10. The van der Waals surface area contributed by atoms with E-state index in [1.807, 2.05) is 19.9 Å². The Bertz CT molecular complexity index is 802. The molecule has 3 rings (SSSR count). The quantitative estimate of drug-likeness (QED) is 0.310. The van der Waals surface area contributed by atoms with E-state index in [0.717, 1.165) is 44.0 Å². The molecule has 0 radical (unpaired) electrons. The van der Waals surface area contributed by atoms with E-state index in [-0.39, 0.29) is 30.5 Å². The normalized spacial score (nSPS) is 15.2. The molecule has 1 atom stereocenters. The largest absolute Gasteiger partial charge is 0.493 e. The van der Waals surface area contributed by atoms with Crippen molar-refractivity contribution in [1.82, 2.24) is 10.6 Å². The molecule has 1 aromatic heterocycles. The van der Waals surface area contributed by atoms with Crippen LogP contribution in [0.15, 0.2) is 39.7 Å². The minimum Gasteiger partial charge on any atom is -0.493 e. The SMILES string of the molecule is CCNC(=NCC(C)(O)c1ccc(C)o1)NCCc1ccc2c(c1)CCO2.I. The number of guanidine groups is 1. The van der Waals surface area contributed by atoms with Crippen LogP contribution in [0.3, 0.4) is 0 Å². The number of aliphatic hydroxyl groups is 1. The first-order valence-corrected chi connectivity index (χ1v) is 9.54. The Morgan fingerprint density at radius 3 is 2.79 bits per heavy atom. The number of hydrogen-bond donors (Lipinski definition) is 3. The van der Waals surface area contributed by atoms with Gasteiger partial charge in [0.05, 0.1) is 13.2 Å². The summed E-state index contributed by atoms with van der Waals surface area (Å²) in [6.07, 6.45) is 1.88. The zero-order valence-corrected chi connectivity index (χ0v) is 19.1. The van der Waals surface area contributed by atoms with Crippen LogP contribution in [0.2, 0.25) is 0 Å². The number of aliphatic imine (C=N–C) groups is 1. The van der Waals surface area contributed by atoms with Gasteiger partial charge >= 0.3 is 0 Å². The highest BCUT2D eigenvalue weighted by Gasteiger charge is 2.26. The monoisotopic (exact) mass is 499 g/mol. The van der Waals surface area contributed by atoms with E-state index < -0.39 is 5.60 Å². The van der Waals surface area contributed by atoms with Gasteiger partial charge in [-0.05, 0) is 56.5 Å². The molecule has 0 amide bonds. The summed E-state index contributed by atoms with van der Waals surface area (Å²) >= 11 is 0. The molecule has 0 saturated heterocycles. The third kappa shape index (κ3) is 5.88. The van der Waals surface area contributed by atoms with Gasteiger partial charge in [0.25, 0.3) is 0 Å². The molecule has 0 fully saturated rings. The Morgan fingerprint density at radius 1 is 1.25 bits per heavy atom. The predicted octanol–water partition coefficient (Wildman–Crippen LogP) is 3.15. The fraction of sp³-hybridized carbons (Fsp3) is 0.476. The summed E-state index contributed by atoms with van der Waals surface area (Å²) in [7, 11) is 0. The molecule has 0 saturated carbocycles. The number of hydrogen-bond acceptors (Lipinski definition) is 4. The van der Waals surface area contributed by atoms with Gasteiger partial charge in [-0.15, -0.1) is 24.0 Å². The second kappa shape index (κ2) is 10.2. The molecule has 0 spiro atoms. The third-order valence-corrected chi connectivity index (χ3v) is 4.62. The van der Waals surface area contributed by atoms with Crippen LogP contribution in [0, 0.1) is 6.92 Å². The van der Waals surface area contributed by atoms with Crippen molar-refractivity contribution in [2.24, 2.45) is 4.99 Å². The molecule has 7 heteroatoms. The lowest BCUT2D eigenvalue weighted by molar-refractivity contribution is 0.0428. The van der Waals surface area contributed by atoms with Gasteiger partial charge in [-0.25, -0.2) is 4.99 Å². The number of nitrogens with zero attached hydrogens (tertiary/aromatic N) is 1. The van der Waals surface area contributed by atoms with Gasteiger partial charge in [0.15, 0.2) is 5.96 Å². The van der Waals surface area contributed by atoms with Crippen molar-refractivity contribution in [3.63, 3.8) is 0 Å². The van der Waals surface area contributed by atoms with Gasteiger partial charge in [0.2, 0.25) is 0 Å². The minimum atomic E-state index is -1.14. The fourth-order valence-electron chi connectivity index (χ4n) is 3.10. The Hall–Kier alpha value is -1.74. The van der Waals surface area contributed by atoms with E-state index in [2.05, 4.69) is 33.8 Å². The Balaban J connectivity index is 0.00000280. The van der Waals surface area contributed by atoms with Crippen molar-refractivity contribution in [2.75, 3.05) is 26.2 Å². The van der Waals surface area contributed by atoms with Crippen LogP contribution in [-0.2, 0) is 18.4 Å². The number of fused-ring (bicyclic) bond motifs is 1. The number of aryl methyl sites for hydroxylation is 1.